The molecule has 1 fully saturated rings. The summed E-state index contributed by atoms with van der Waals surface area (Å²) in [5.74, 6) is -0.979. The van der Waals surface area contributed by atoms with Crippen molar-refractivity contribution in [1.82, 2.24) is 4.31 Å². The molecule has 8 heteroatoms. The monoisotopic (exact) mass is 334 g/mol. The first-order chi connectivity index (χ1) is 10.1. The lowest BCUT2D eigenvalue weighted by molar-refractivity contribution is -0.137. The number of phenols is 1. The number of carbonyl (C=O) groups is 1. The van der Waals surface area contributed by atoms with Crippen LogP contribution in [0.15, 0.2) is 18.2 Å². The molecule has 0 radical (unpaired) electrons. The second-order valence-corrected chi connectivity index (χ2v) is 7.29. The summed E-state index contributed by atoms with van der Waals surface area (Å²) in [6, 6.07) is 2.48. The van der Waals surface area contributed by atoms with Gasteiger partial charge in [-0.25, -0.2) is 4.31 Å². The van der Waals surface area contributed by atoms with Gasteiger partial charge in [0.15, 0.2) is 0 Å². The number of halogens is 3. The number of benzene rings is 1. The number of nitrogens with zero attached hydrogens (tertiary/aromatic N) is 1. The number of nitrogens with one attached hydrogen (secondary N) is 1. The molecular formula is C14H17F3N2O2S. The molecule has 1 amide bonds. The van der Waals surface area contributed by atoms with Crippen molar-refractivity contribution in [2.24, 2.45) is 0 Å². The minimum Gasteiger partial charge on any atom is -0.506 e. The summed E-state index contributed by atoms with van der Waals surface area (Å²) in [6.45, 7) is 5.28. The third kappa shape index (κ3) is 3.86. The van der Waals surface area contributed by atoms with Gasteiger partial charge in [0.2, 0.25) is 5.91 Å². The molecule has 0 aliphatic carbocycles. The zero-order valence-electron chi connectivity index (χ0n) is 12.2. The molecule has 1 aliphatic heterocycles. The van der Waals surface area contributed by atoms with Crippen molar-refractivity contribution < 1.29 is 23.1 Å². The van der Waals surface area contributed by atoms with E-state index in [0.29, 0.717) is 6.07 Å². The van der Waals surface area contributed by atoms with E-state index in [9.17, 15) is 23.1 Å². The van der Waals surface area contributed by atoms with E-state index >= 15 is 0 Å². The standard InChI is InChI=1S/C14H17F3N2O2S/c1-13(2,22-19-6-3-7-19)12(21)18-10-5-4-9(8-11(10)20)14(15,16)17/h4-5,8,20H,3,6-7H2,1-2H3,(H,18,21). The minimum atomic E-state index is -4.54. The number of carbonyl (C=O) groups excluding carboxylic acids is 1. The molecule has 1 aromatic carbocycles. The summed E-state index contributed by atoms with van der Waals surface area (Å²) in [4.78, 5) is 12.3. The predicted octanol–water partition coefficient (Wildman–Crippen LogP) is 3.48. The Morgan fingerprint density at radius 2 is 1.95 bits per heavy atom. The Morgan fingerprint density at radius 1 is 1.32 bits per heavy atom. The lowest BCUT2D eigenvalue weighted by Gasteiger charge is -2.35. The van der Waals surface area contributed by atoms with E-state index in [1.54, 1.807) is 13.8 Å². The number of alkyl halides is 3. The van der Waals surface area contributed by atoms with Gasteiger partial charge >= 0.3 is 6.18 Å². The van der Waals surface area contributed by atoms with Crippen LogP contribution in [0, 0.1) is 0 Å². The first-order valence-electron chi connectivity index (χ1n) is 6.75. The maximum Gasteiger partial charge on any atom is 0.416 e. The summed E-state index contributed by atoms with van der Waals surface area (Å²) >= 11 is 1.39. The van der Waals surface area contributed by atoms with Gasteiger partial charge in [-0.3, -0.25) is 4.79 Å². The maximum atomic E-state index is 12.5. The molecule has 0 atom stereocenters. The van der Waals surface area contributed by atoms with E-state index < -0.39 is 22.2 Å². The number of amides is 1. The highest BCUT2D eigenvalue weighted by molar-refractivity contribution is 7.99. The highest BCUT2D eigenvalue weighted by Crippen LogP contribution is 2.36. The third-order valence-electron chi connectivity index (χ3n) is 3.29. The molecule has 0 aromatic heterocycles. The average Bonchev–Trinajstić information content (AvgIpc) is 2.35. The van der Waals surface area contributed by atoms with Crippen molar-refractivity contribution in [3.63, 3.8) is 0 Å². The van der Waals surface area contributed by atoms with E-state index in [1.807, 2.05) is 4.31 Å². The van der Waals surface area contributed by atoms with Crippen molar-refractivity contribution >= 4 is 23.5 Å². The van der Waals surface area contributed by atoms with Crippen LogP contribution in [0.25, 0.3) is 0 Å². The van der Waals surface area contributed by atoms with E-state index in [1.165, 1.54) is 11.9 Å². The van der Waals surface area contributed by atoms with Crippen LogP contribution in [0.2, 0.25) is 0 Å². The van der Waals surface area contributed by atoms with Crippen LogP contribution in [-0.4, -0.2) is 33.2 Å². The van der Waals surface area contributed by atoms with Crippen molar-refractivity contribution in [3.8, 4) is 5.75 Å². The average molecular weight is 334 g/mol. The van der Waals surface area contributed by atoms with E-state index in [4.69, 9.17) is 0 Å². The highest BCUT2D eigenvalue weighted by atomic mass is 32.2. The fraction of sp³-hybridized carbons (Fsp3) is 0.500. The van der Waals surface area contributed by atoms with Gasteiger partial charge < -0.3 is 10.4 Å². The number of hydrogen-bond acceptors (Lipinski definition) is 4. The summed E-state index contributed by atoms with van der Waals surface area (Å²) in [5, 5.41) is 12.2. The van der Waals surface area contributed by atoms with Crippen LogP contribution in [0.5, 0.6) is 5.75 Å². The minimum absolute atomic E-state index is 0.0321. The van der Waals surface area contributed by atoms with E-state index in [2.05, 4.69) is 5.32 Å². The molecule has 1 saturated heterocycles. The smallest absolute Gasteiger partial charge is 0.416 e. The molecule has 4 nitrogen and oxygen atoms in total. The Balaban J connectivity index is 2.07. The molecule has 1 aliphatic rings. The molecule has 1 heterocycles. The van der Waals surface area contributed by atoms with Gasteiger partial charge in [-0.2, -0.15) is 13.2 Å². The van der Waals surface area contributed by atoms with Crippen LogP contribution in [0.1, 0.15) is 25.8 Å². The van der Waals surface area contributed by atoms with Gasteiger partial charge in [-0.1, -0.05) is 11.9 Å². The number of phenolic OH excluding ortho intramolecular Hbond substituents is 1. The van der Waals surface area contributed by atoms with Crippen molar-refractivity contribution in [1.29, 1.82) is 0 Å². The highest BCUT2D eigenvalue weighted by Gasteiger charge is 2.34. The second kappa shape index (κ2) is 6.00. The zero-order valence-corrected chi connectivity index (χ0v) is 13.0. The van der Waals surface area contributed by atoms with Gasteiger partial charge in [-0.15, -0.1) is 0 Å². The fourth-order valence-electron chi connectivity index (χ4n) is 1.83. The van der Waals surface area contributed by atoms with Crippen molar-refractivity contribution in [2.45, 2.75) is 31.2 Å². The molecule has 0 unspecified atom stereocenters. The summed E-state index contributed by atoms with van der Waals surface area (Å²) in [7, 11) is 0. The first-order valence-corrected chi connectivity index (χ1v) is 7.53. The van der Waals surface area contributed by atoms with Crippen LogP contribution >= 0.6 is 11.9 Å². The SMILES string of the molecule is CC(C)(SN1CCC1)C(=O)Nc1ccc(C(F)(F)F)cc1O. The summed E-state index contributed by atoms with van der Waals surface area (Å²) < 4.78 is 38.9. The molecular weight excluding hydrogens is 317 g/mol. The molecule has 0 bridgehead atoms. The van der Waals surface area contributed by atoms with Gasteiger partial charge in [0.05, 0.1) is 11.3 Å². The van der Waals surface area contributed by atoms with Crippen molar-refractivity contribution in [2.75, 3.05) is 18.4 Å². The lowest BCUT2D eigenvalue weighted by Crippen LogP contribution is -2.41. The number of hydrogen-bond donors (Lipinski definition) is 2. The van der Waals surface area contributed by atoms with Crippen LogP contribution in [-0.2, 0) is 11.0 Å². The molecule has 0 spiro atoms. The quantitative estimate of drug-likeness (QED) is 0.654. The van der Waals surface area contributed by atoms with Crippen LogP contribution in [0.4, 0.5) is 18.9 Å². The first kappa shape index (κ1) is 17.0. The molecule has 2 rings (SSSR count). The summed E-state index contributed by atoms with van der Waals surface area (Å²) in [5.41, 5.74) is -0.993. The third-order valence-corrected chi connectivity index (χ3v) is 4.56. The molecule has 22 heavy (non-hydrogen) atoms. The Kier molecular flexibility index (Phi) is 4.62. The van der Waals surface area contributed by atoms with E-state index in [0.717, 1.165) is 31.6 Å². The fourth-order valence-corrected chi connectivity index (χ4v) is 3.05. The van der Waals surface area contributed by atoms with Gasteiger partial charge in [0.25, 0.3) is 0 Å². The van der Waals surface area contributed by atoms with Gasteiger partial charge in [0, 0.05) is 13.1 Å². The van der Waals surface area contributed by atoms with Crippen LogP contribution < -0.4 is 5.32 Å². The maximum absolute atomic E-state index is 12.5. The lowest BCUT2D eigenvalue weighted by atomic mass is 10.1. The Labute approximate surface area is 130 Å². The number of aromatic hydroxyl groups is 1. The normalized spacial score (nSPS) is 16.2. The topological polar surface area (TPSA) is 52.6 Å². The van der Waals surface area contributed by atoms with Gasteiger partial charge in [-0.05, 0) is 38.5 Å². The molecule has 122 valence electrons. The number of rotatable bonds is 4. The molecule has 2 N–H and O–H groups in total. The Bertz CT molecular complexity index is 572. The second-order valence-electron chi connectivity index (χ2n) is 5.57. The van der Waals surface area contributed by atoms with E-state index in [-0.39, 0.29) is 11.6 Å². The van der Waals surface area contributed by atoms with Crippen molar-refractivity contribution in [3.05, 3.63) is 23.8 Å². The zero-order chi connectivity index (χ0) is 16.5. The van der Waals surface area contributed by atoms with Crippen LogP contribution in [0.3, 0.4) is 0 Å². The number of anilines is 1. The molecule has 1 aromatic rings. The predicted molar refractivity (Wildman–Crippen MR) is 79.6 cm³/mol. The largest absolute Gasteiger partial charge is 0.506 e. The Hall–Kier alpha value is -1.41. The molecule has 0 saturated carbocycles. The van der Waals surface area contributed by atoms with Gasteiger partial charge in [0.1, 0.15) is 10.5 Å². The summed E-state index contributed by atoms with van der Waals surface area (Å²) in [6.07, 6.45) is -3.45. The Morgan fingerprint density at radius 3 is 2.41 bits per heavy atom.